The topological polar surface area (TPSA) is 59.9 Å². The Morgan fingerprint density at radius 3 is 2.44 bits per heavy atom. The zero-order chi connectivity index (χ0) is 18.0. The lowest BCUT2D eigenvalue weighted by molar-refractivity contribution is 0.0955. The Kier molecular flexibility index (Phi) is 4.81. The number of halogens is 1. The maximum Gasteiger partial charge on any atom is 0.271 e. The molecule has 130 valence electrons. The van der Waals surface area contributed by atoms with Crippen LogP contribution in [-0.2, 0) is 5.41 Å². The van der Waals surface area contributed by atoms with Gasteiger partial charge in [0.15, 0.2) is 11.5 Å². The lowest BCUT2D eigenvalue weighted by atomic mass is 9.87. The van der Waals surface area contributed by atoms with Crippen LogP contribution in [0.25, 0.3) is 0 Å². The first-order chi connectivity index (χ1) is 11.8. The quantitative estimate of drug-likeness (QED) is 0.616. The number of carbonyl (C=O) groups excluding carboxylic acids is 1. The molecule has 0 atom stereocenters. The molecule has 1 N–H and O–H groups in total. The van der Waals surface area contributed by atoms with Crippen molar-refractivity contribution in [3.63, 3.8) is 0 Å². The van der Waals surface area contributed by atoms with Gasteiger partial charge in [0.1, 0.15) is 0 Å². The Morgan fingerprint density at radius 1 is 1.16 bits per heavy atom. The smallest absolute Gasteiger partial charge is 0.271 e. The molecule has 0 bridgehead atoms. The van der Waals surface area contributed by atoms with Gasteiger partial charge in [0.05, 0.1) is 6.21 Å². The molecule has 5 nitrogen and oxygen atoms in total. The van der Waals surface area contributed by atoms with Gasteiger partial charge in [0.25, 0.3) is 5.91 Å². The molecule has 6 heteroatoms. The summed E-state index contributed by atoms with van der Waals surface area (Å²) in [6.07, 6.45) is 1.56. The average molecular weight is 403 g/mol. The summed E-state index contributed by atoms with van der Waals surface area (Å²) >= 11 is 3.45. The van der Waals surface area contributed by atoms with Crippen LogP contribution in [0.4, 0.5) is 0 Å². The van der Waals surface area contributed by atoms with E-state index in [1.165, 1.54) is 5.56 Å². The molecule has 0 saturated carbocycles. The second-order valence-electron chi connectivity index (χ2n) is 6.75. The van der Waals surface area contributed by atoms with Crippen LogP contribution < -0.4 is 14.9 Å². The maximum absolute atomic E-state index is 12.2. The lowest BCUT2D eigenvalue weighted by Crippen LogP contribution is -2.18. The minimum Gasteiger partial charge on any atom is -0.454 e. The number of nitrogens with one attached hydrogen (secondary N) is 1. The van der Waals surface area contributed by atoms with E-state index in [0.29, 0.717) is 17.1 Å². The Balaban J connectivity index is 1.67. The Morgan fingerprint density at radius 2 is 1.80 bits per heavy atom. The molecule has 1 amide bonds. The van der Waals surface area contributed by atoms with Crippen LogP contribution >= 0.6 is 15.9 Å². The van der Waals surface area contributed by atoms with E-state index in [-0.39, 0.29) is 18.1 Å². The van der Waals surface area contributed by atoms with Crippen molar-refractivity contribution in [2.45, 2.75) is 26.2 Å². The van der Waals surface area contributed by atoms with Gasteiger partial charge >= 0.3 is 0 Å². The Hall–Kier alpha value is -2.34. The summed E-state index contributed by atoms with van der Waals surface area (Å²) in [5.74, 6) is 1.09. The number of carbonyl (C=O) groups is 1. The van der Waals surface area contributed by atoms with Crippen molar-refractivity contribution in [2.24, 2.45) is 5.10 Å². The van der Waals surface area contributed by atoms with Gasteiger partial charge in [-0.25, -0.2) is 5.43 Å². The van der Waals surface area contributed by atoms with Crippen molar-refractivity contribution in [3.8, 4) is 11.5 Å². The molecule has 0 saturated heterocycles. The van der Waals surface area contributed by atoms with Gasteiger partial charge in [-0.1, -0.05) is 32.9 Å². The summed E-state index contributed by atoms with van der Waals surface area (Å²) in [6.45, 7) is 6.62. The van der Waals surface area contributed by atoms with Crippen molar-refractivity contribution in [2.75, 3.05) is 6.79 Å². The summed E-state index contributed by atoms with van der Waals surface area (Å²) < 4.78 is 11.4. The second kappa shape index (κ2) is 6.88. The highest BCUT2D eigenvalue weighted by atomic mass is 79.9. The normalized spacial score (nSPS) is 13.3. The van der Waals surface area contributed by atoms with Crippen LogP contribution in [0, 0.1) is 0 Å². The van der Waals surface area contributed by atoms with Crippen molar-refractivity contribution in [1.29, 1.82) is 0 Å². The molecule has 0 aliphatic carbocycles. The standard InChI is InChI=1S/C19H19BrN2O3/c1-19(2,3)14-6-4-12(5-7-14)18(23)22-21-10-13-8-16-17(9-15(13)20)25-11-24-16/h4-10H,11H2,1-3H3,(H,22,23)/b21-10-. The first-order valence-electron chi connectivity index (χ1n) is 7.88. The van der Waals surface area contributed by atoms with E-state index in [1.54, 1.807) is 12.3 Å². The van der Waals surface area contributed by atoms with E-state index in [4.69, 9.17) is 9.47 Å². The van der Waals surface area contributed by atoms with Crippen molar-refractivity contribution >= 4 is 28.1 Å². The summed E-state index contributed by atoms with van der Waals surface area (Å²) in [7, 11) is 0. The van der Waals surface area contributed by atoms with Crippen LogP contribution in [0.1, 0.15) is 42.3 Å². The van der Waals surface area contributed by atoms with Crippen molar-refractivity contribution < 1.29 is 14.3 Å². The monoisotopic (exact) mass is 402 g/mol. The fourth-order valence-electron chi connectivity index (χ4n) is 2.38. The summed E-state index contributed by atoms with van der Waals surface area (Å²) in [5.41, 5.74) is 5.12. The minimum atomic E-state index is -0.256. The number of benzene rings is 2. The van der Waals surface area contributed by atoms with Crippen LogP contribution in [0.3, 0.4) is 0 Å². The number of hydrazone groups is 1. The Bertz CT molecular complexity index is 824. The predicted octanol–water partition coefficient (Wildman–Crippen LogP) is 4.24. The van der Waals surface area contributed by atoms with Gasteiger partial charge in [-0.15, -0.1) is 0 Å². The minimum absolute atomic E-state index is 0.0544. The molecule has 1 aliphatic heterocycles. The van der Waals surface area contributed by atoms with Crippen LogP contribution in [-0.4, -0.2) is 18.9 Å². The second-order valence-corrected chi connectivity index (χ2v) is 7.61. The van der Waals surface area contributed by atoms with Crippen LogP contribution in [0.2, 0.25) is 0 Å². The molecule has 25 heavy (non-hydrogen) atoms. The molecule has 0 aromatic heterocycles. The van der Waals surface area contributed by atoms with Gasteiger partial charge in [0.2, 0.25) is 6.79 Å². The van der Waals surface area contributed by atoms with Crippen LogP contribution in [0.5, 0.6) is 11.5 Å². The summed E-state index contributed by atoms with van der Waals surface area (Å²) in [6, 6.07) is 11.2. The number of rotatable bonds is 3. The highest BCUT2D eigenvalue weighted by molar-refractivity contribution is 9.10. The van der Waals surface area contributed by atoms with Crippen LogP contribution in [0.15, 0.2) is 46.0 Å². The third-order valence-corrected chi connectivity index (χ3v) is 4.56. The number of hydrogen-bond acceptors (Lipinski definition) is 4. The largest absolute Gasteiger partial charge is 0.454 e. The number of hydrogen-bond donors (Lipinski definition) is 1. The molecule has 2 aromatic carbocycles. The third kappa shape index (κ3) is 4.02. The van der Waals surface area contributed by atoms with Crippen molar-refractivity contribution in [1.82, 2.24) is 5.43 Å². The van der Waals surface area contributed by atoms with Gasteiger partial charge in [0, 0.05) is 15.6 Å². The van der Waals surface area contributed by atoms with E-state index in [0.717, 1.165) is 10.0 Å². The molecule has 1 heterocycles. The van der Waals surface area contributed by atoms with Gasteiger partial charge in [-0.3, -0.25) is 4.79 Å². The summed E-state index contributed by atoms with van der Waals surface area (Å²) in [5, 5.41) is 4.02. The van der Waals surface area contributed by atoms with E-state index >= 15 is 0 Å². The maximum atomic E-state index is 12.2. The zero-order valence-electron chi connectivity index (χ0n) is 14.3. The van der Waals surface area contributed by atoms with E-state index < -0.39 is 0 Å². The molecule has 0 radical (unpaired) electrons. The highest BCUT2D eigenvalue weighted by Gasteiger charge is 2.16. The number of nitrogens with zero attached hydrogens (tertiary/aromatic N) is 1. The van der Waals surface area contributed by atoms with E-state index in [2.05, 4.69) is 47.2 Å². The number of ether oxygens (including phenoxy) is 2. The van der Waals surface area contributed by atoms with Crippen molar-refractivity contribution in [3.05, 3.63) is 57.6 Å². The highest BCUT2D eigenvalue weighted by Crippen LogP contribution is 2.36. The fourth-order valence-corrected chi connectivity index (χ4v) is 2.80. The molecule has 2 aromatic rings. The number of fused-ring (bicyclic) bond motifs is 1. The molecule has 0 spiro atoms. The first kappa shape index (κ1) is 17.5. The first-order valence-corrected chi connectivity index (χ1v) is 8.67. The van der Waals surface area contributed by atoms with Gasteiger partial charge in [-0.2, -0.15) is 5.10 Å². The third-order valence-electron chi connectivity index (χ3n) is 3.87. The Labute approximate surface area is 155 Å². The SMILES string of the molecule is CC(C)(C)c1ccc(C(=O)N/N=C\c2cc3c(cc2Br)OCO3)cc1. The molecule has 0 unspecified atom stereocenters. The number of amides is 1. The zero-order valence-corrected chi connectivity index (χ0v) is 15.9. The predicted molar refractivity (Wildman–Crippen MR) is 100 cm³/mol. The average Bonchev–Trinajstić information content (AvgIpc) is 3.01. The van der Waals surface area contributed by atoms with E-state index in [9.17, 15) is 4.79 Å². The molecular weight excluding hydrogens is 384 g/mol. The molecule has 0 fully saturated rings. The van der Waals surface area contributed by atoms with Gasteiger partial charge < -0.3 is 9.47 Å². The molecule has 3 rings (SSSR count). The fraction of sp³-hybridized carbons (Fsp3) is 0.263. The van der Waals surface area contributed by atoms with E-state index in [1.807, 2.05) is 30.3 Å². The molecule has 1 aliphatic rings. The molecular formula is C19H19BrN2O3. The summed E-state index contributed by atoms with van der Waals surface area (Å²) in [4.78, 5) is 12.2. The lowest BCUT2D eigenvalue weighted by Gasteiger charge is -2.18. The van der Waals surface area contributed by atoms with Gasteiger partial charge in [-0.05, 0) is 51.2 Å².